The van der Waals surface area contributed by atoms with E-state index in [1.54, 1.807) is 30.6 Å². The molecule has 2 aromatic carbocycles. The zero-order chi connectivity index (χ0) is 22.5. The van der Waals surface area contributed by atoms with E-state index in [9.17, 15) is 19.1 Å². The largest absolute Gasteiger partial charge is 0.494 e. The SMILES string of the molecule is Cc1cc(-c2ccc([C@]3(Cn4cc5ccc(F)cc5c4O)NC(=O)NC3=O)cc2)ccn1. The molecule has 8 heteroatoms. The molecule has 3 N–H and O–H groups in total. The summed E-state index contributed by atoms with van der Waals surface area (Å²) in [5, 5.41) is 16.6. The number of hydrogen-bond donors (Lipinski definition) is 3. The number of benzene rings is 2. The second-order valence-electron chi connectivity index (χ2n) is 7.89. The van der Waals surface area contributed by atoms with E-state index in [1.807, 2.05) is 31.2 Å². The predicted octanol–water partition coefficient (Wildman–Crippen LogP) is 3.59. The summed E-state index contributed by atoms with van der Waals surface area (Å²) in [7, 11) is 0. The van der Waals surface area contributed by atoms with Crippen molar-refractivity contribution in [2.45, 2.75) is 19.0 Å². The van der Waals surface area contributed by atoms with Gasteiger partial charge in [-0.2, -0.15) is 0 Å². The number of imide groups is 1. The number of pyridine rings is 1. The number of amides is 3. The van der Waals surface area contributed by atoms with E-state index in [0.29, 0.717) is 16.3 Å². The highest BCUT2D eigenvalue weighted by atomic mass is 19.1. The Morgan fingerprint density at radius 2 is 1.84 bits per heavy atom. The second-order valence-corrected chi connectivity index (χ2v) is 7.89. The molecule has 0 bridgehead atoms. The topological polar surface area (TPSA) is 96.2 Å². The van der Waals surface area contributed by atoms with Gasteiger partial charge in [0.2, 0.25) is 0 Å². The van der Waals surface area contributed by atoms with E-state index in [2.05, 4.69) is 15.6 Å². The molecule has 0 spiro atoms. The van der Waals surface area contributed by atoms with Gasteiger partial charge in [-0.1, -0.05) is 24.3 Å². The number of rotatable bonds is 4. The van der Waals surface area contributed by atoms with Crippen molar-refractivity contribution in [1.29, 1.82) is 0 Å². The van der Waals surface area contributed by atoms with Crippen LogP contribution in [0.4, 0.5) is 9.18 Å². The molecule has 7 nitrogen and oxygen atoms in total. The zero-order valence-electron chi connectivity index (χ0n) is 17.1. The molecule has 1 aliphatic rings. The van der Waals surface area contributed by atoms with E-state index in [1.165, 1.54) is 16.7 Å². The van der Waals surface area contributed by atoms with Crippen LogP contribution in [0.15, 0.2) is 67.0 Å². The highest BCUT2D eigenvalue weighted by Crippen LogP contribution is 2.34. The predicted molar refractivity (Wildman–Crippen MR) is 116 cm³/mol. The van der Waals surface area contributed by atoms with Crippen LogP contribution in [0.2, 0.25) is 0 Å². The van der Waals surface area contributed by atoms with Gasteiger partial charge in [0.05, 0.1) is 6.54 Å². The number of carbonyl (C=O) groups excluding carboxylic acids is 2. The molecule has 0 radical (unpaired) electrons. The Hall–Kier alpha value is -4.20. The maximum absolute atomic E-state index is 13.6. The Balaban J connectivity index is 1.57. The Morgan fingerprint density at radius 3 is 2.53 bits per heavy atom. The fourth-order valence-corrected chi connectivity index (χ4v) is 4.16. The smallest absolute Gasteiger partial charge is 0.322 e. The Morgan fingerprint density at radius 1 is 1.06 bits per heavy atom. The number of nitrogens with zero attached hydrogens (tertiary/aromatic N) is 2. The van der Waals surface area contributed by atoms with Gasteiger partial charge in [-0.05, 0) is 53.9 Å². The summed E-state index contributed by atoms with van der Waals surface area (Å²) < 4.78 is 15.1. The standard InChI is InChI=1S/C24H19FN4O3/c1-14-10-16(8-9-26-14)15-2-5-18(6-3-15)24(22(31)27-23(32)28-24)13-29-12-17-4-7-19(25)11-20(17)21(29)30/h2-12,30H,13H2,1H3,(H2,27,28,31,32)/t24-/m0/s1. The maximum atomic E-state index is 13.6. The lowest BCUT2D eigenvalue weighted by molar-refractivity contribution is -0.124. The minimum atomic E-state index is -1.44. The first kappa shape index (κ1) is 19.7. The molecule has 1 fully saturated rings. The summed E-state index contributed by atoms with van der Waals surface area (Å²) in [6.07, 6.45) is 3.35. The van der Waals surface area contributed by atoms with Crippen molar-refractivity contribution in [3.05, 3.63) is 84.1 Å². The van der Waals surface area contributed by atoms with Crippen LogP contribution in [0.25, 0.3) is 21.9 Å². The van der Waals surface area contributed by atoms with E-state index < -0.39 is 23.3 Å². The van der Waals surface area contributed by atoms with E-state index in [-0.39, 0.29) is 12.4 Å². The highest BCUT2D eigenvalue weighted by molar-refractivity contribution is 6.07. The molecule has 32 heavy (non-hydrogen) atoms. The summed E-state index contributed by atoms with van der Waals surface area (Å²) in [5.41, 5.74) is 1.92. The average Bonchev–Trinajstić information content (AvgIpc) is 3.24. The van der Waals surface area contributed by atoms with Gasteiger partial charge in [0.1, 0.15) is 5.82 Å². The average molecular weight is 430 g/mol. The van der Waals surface area contributed by atoms with Crippen LogP contribution in [-0.4, -0.2) is 26.6 Å². The fourth-order valence-electron chi connectivity index (χ4n) is 4.16. The molecule has 2 aromatic heterocycles. The summed E-state index contributed by atoms with van der Waals surface area (Å²) in [5.74, 6) is -1.19. The zero-order valence-corrected chi connectivity index (χ0v) is 17.1. The highest BCUT2D eigenvalue weighted by Gasteiger charge is 2.48. The molecule has 0 aliphatic carbocycles. The van der Waals surface area contributed by atoms with Crippen LogP contribution in [0, 0.1) is 12.7 Å². The number of urea groups is 1. The molecule has 160 valence electrons. The first-order valence-electron chi connectivity index (χ1n) is 10.0. The minimum Gasteiger partial charge on any atom is -0.494 e. The molecular weight excluding hydrogens is 411 g/mol. The first-order valence-corrected chi connectivity index (χ1v) is 10.0. The van der Waals surface area contributed by atoms with E-state index >= 15 is 0 Å². The molecule has 5 rings (SSSR count). The number of hydrogen-bond acceptors (Lipinski definition) is 4. The van der Waals surface area contributed by atoms with Crippen molar-refractivity contribution in [3.8, 4) is 17.0 Å². The van der Waals surface area contributed by atoms with Gasteiger partial charge in [0.25, 0.3) is 5.91 Å². The Labute approximate surface area is 182 Å². The van der Waals surface area contributed by atoms with Crippen LogP contribution in [-0.2, 0) is 16.9 Å². The number of aryl methyl sites for hydroxylation is 1. The van der Waals surface area contributed by atoms with Crippen molar-refractivity contribution in [3.63, 3.8) is 0 Å². The number of aromatic nitrogens is 2. The lowest BCUT2D eigenvalue weighted by Gasteiger charge is -2.27. The summed E-state index contributed by atoms with van der Waals surface area (Å²) in [6, 6.07) is 14.6. The third-order valence-electron chi connectivity index (χ3n) is 5.78. The first-order chi connectivity index (χ1) is 15.4. The van der Waals surface area contributed by atoms with Gasteiger partial charge in [-0.15, -0.1) is 0 Å². The maximum Gasteiger partial charge on any atom is 0.322 e. The van der Waals surface area contributed by atoms with Gasteiger partial charge in [0.15, 0.2) is 11.4 Å². The molecule has 3 amide bonds. The minimum absolute atomic E-state index is 0.0690. The van der Waals surface area contributed by atoms with Crippen LogP contribution in [0.3, 0.4) is 0 Å². The Kier molecular flexibility index (Phi) is 4.44. The van der Waals surface area contributed by atoms with Crippen LogP contribution < -0.4 is 10.6 Å². The lowest BCUT2D eigenvalue weighted by Crippen LogP contribution is -2.47. The third-order valence-corrected chi connectivity index (χ3v) is 5.78. The van der Waals surface area contributed by atoms with E-state index in [4.69, 9.17) is 0 Å². The second kappa shape index (κ2) is 7.19. The number of halogens is 1. The number of nitrogens with one attached hydrogen (secondary N) is 2. The summed E-state index contributed by atoms with van der Waals surface area (Å²) >= 11 is 0. The molecule has 4 aromatic rings. The molecule has 1 atom stereocenters. The third kappa shape index (κ3) is 3.17. The quantitative estimate of drug-likeness (QED) is 0.431. The summed E-state index contributed by atoms with van der Waals surface area (Å²) in [4.78, 5) is 29.2. The number of aromatic hydroxyl groups is 1. The van der Waals surface area contributed by atoms with Gasteiger partial charge in [-0.25, -0.2) is 9.18 Å². The monoisotopic (exact) mass is 430 g/mol. The van der Waals surface area contributed by atoms with Gasteiger partial charge in [-0.3, -0.25) is 15.1 Å². The van der Waals surface area contributed by atoms with Crippen molar-refractivity contribution in [2.24, 2.45) is 0 Å². The van der Waals surface area contributed by atoms with E-state index in [0.717, 1.165) is 16.8 Å². The van der Waals surface area contributed by atoms with Gasteiger partial charge in [0, 0.05) is 28.9 Å². The van der Waals surface area contributed by atoms with Gasteiger partial charge < -0.3 is 15.0 Å². The van der Waals surface area contributed by atoms with Crippen molar-refractivity contribution < 1.29 is 19.1 Å². The van der Waals surface area contributed by atoms with Crippen LogP contribution >= 0.6 is 0 Å². The van der Waals surface area contributed by atoms with Crippen LogP contribution in [0.1, 0.15) is 11.3 Å². The lowest BCUT2D eigenvalue weighted by atomic mass is 9.88. The van der Waals surface area contributed by atoms with Crippen LogP contribution in [0.5, 0.6) is 5.88 Å². The molecule has 0 saturated carbocycles. The van der Waals surface area contributed by atoms with Crippen molar-refractivity contribution >= 4 is 22.7 Å². The molecule has 0 unspecified atom stereocenters. The van der Waals surface area contributed by atoms with Crippen molar-refractivity contribution in [1.82, 2.24) is 20.2 Å². The van der Waals surface area contributed by atoms with Crippen molar-refractivity contribution in [2.75, 3.05) is 0 Å². The number of carbonyl (C=O) groups is 2. The molecule has 3 heterocycles. The normalized spacial score (nSPS) is 18.1. The molecular formula is C24H19FN4O3. The fraction of sp³-hybridized carbons (Fsp3) is 0.125. The molecule has 1 aliphatic heterocycles. The van der Waals surface area contributed by atoms with Gasteiger partial charge >= 0.3 is 6.03 Å². The molecule has 1 saturated heterocycles. The number of fused-ring (bicyclic) bond motifs is 1. The summed E-state index contributed by atoms with van der Waals surface area (Å²) in [6.45, 7) is 1.84. The Bertz CT molecular complexity index is 1380.